The molecule has 2 saturated heterocycles. The van der Waals surface area contributed by atoms with Crippen molar-refractivity contribution in [3.05, 3.63) is 82.3 Å². The van der Waals surface area contributed by atoms with Crippen molar-refractivity contribution in [2.75, 3.05) is 13.1 Å². The van der Waals surface area contributed by atoms with Crippen molar-refractivity contribution in [1.82, 2.24) is 15.1 Å². The Hall–Kier alpha value is -2.99. The predicted octanol–water partition coefficient (Wildman–Crippen LogP) is 4.26. The molecule has 0 spiro atoms. The van der Waals surface area contributed by atoms with Crippen LogP contribution >= 0.6 is 0 Å². The number of fused-ring (bicyclic) bond motifs is 1. The summed E-state index contributed by atoms with van der Waals surface area (Å²) < 4.78 is 14.2. The molecule has 0 radical (unpaired) electrons. The van der Waals surface area contributed by atoms with Crippen LogP contribution in [0.2, 0.25) is 0 Å². The Balaban J connectivity index is 1.23. The monoisotopic (exact) mass is 447 g/mol. The van der Waals surface area contributed by atoms with Crippen LogP contribution in [-0.2, 0) is 17.9 Å². The lowest BCUT2D eigenvalue weighted by atomic mass is 9.87. The summed E-state index contributed by atoms with van der Waals surface area (Å²) in [5.41, 5.74) is 5.40. The van der Waals surface area contributed by atoms with Gasteiger partial charge in [-0.1, -0.05) is 30.8 Å². The quantitative estimate of drug-likeness (QED) is 0.762. The molecule has 3 aliphatic heterocycles. The van der Waals surface area contributed by atoms with Gasteiger partial charge in [0.05, 0.1) is 0 Å². The van der Waals surface area contributed by atoms with Crippen LogP contribution in [-0.4, -0.2) is 40.7 Å². The fraction of sp³-hybridized carbons (Fsp3) is 0.407. The van der Waals surface area contributed by atoms with E-state index in [0.29, 0.717) is 37.4 Å². The molecule has 33 heavy (non-hydrogen) atoms. The number of rotatable bonds is 4. The number of halogens is 1. The molecule has 1 atom stereocenters. The van der Waals surface area contributed by atoms with Gasteiger partial charge in [0.25, 0.3) is 5.91 Å². The second-order valence-corrected chi connectivity index (χ2v) is 9.64. The number of benzene rings is 2. The van der Waals surface area contributed by atoms with Gasteiger partial charge < -0.3 is 10.2 Å². The topological polar surface area (TPSA) is 52.7 Å². The molecule has 0 saturated carbocycles. The number of allylic oxidation sites excluding steroid dienone is 1. The van der Waals surface area contributed by atoms with Gasteiger partial charge in [0.1, 0.15) is 11.9 Å². The Labute approximate surface area is 194 Å². The van der Waals surface area contributed by atoms with E-state index in [-0.39, 0.29) is 17.6 Å². The third-order valence-electron chi connectivity index (χ3n) is 7.32. The first-order chi connectivity index (χ1) is 15.9. The summed E-state index contributed by atoms with van der Waals surface area (Å²) in [6.45, 7) is 8.70. The zero-order valence-corrected chi connectivity index (χ0v) is 19.1. The number of piperidine rings is 2. The molecule has 0 bridgehead atoms. The lowest BCUT2D eigenvalue weighted by molar-refractivity contribution is -0.126. The van der Waals surface area contributed by atoms with Crippen LogP contribution < -0.4 is 5.32 Å². The summed E-state index contributed by atoms with van der Waals surface area (Å²) in [7, 11) is 0. The lowest BCUT2D eigenvalue weighted by Gasteiger charge is -2.32. The molecule has 2 aromatic carbocycles. The van der Waals surface area contributed by atoms with Crippen LogP contribution in [0.25, 0.3) is 0 Å². The molecule has 1 unspecified atom stereocenters. The molecule has 0 aliphatic carbocycles. The predicted molar refractivity (Wildman–Crippen MR) is 125 cm³/mol. The summed E-state index contributed by atoms with van der Waals surface area (Å²) >= 11 is 0. The number of carbonyl (C=O) groups is 2. The van der Waals surface area contributed by atoms with E-state index in [9.17, 15) is 14.0 Å². The Morgan fingerprint density at radius 3 is 2.61 bits per heavy atom. The van der Waals surface area contributed by atoms with Gasteiger partial charge in [-0.05, 0) is 80.4 Å². The second kappa shape index (κ2) is 8.75. The second-order valence-electron chi connectivity index (χ2n) is 9.64. The van der Waals surface area contributed by atoms with Crippen molar-refractivity contribution >= 4 is 11.8 Å². The number of hydrogen-bond donors (Lipinski definition) is 1. The molecule has 1 N–H and O–H groups in total. The van der Waals surface area contributed by atoms with E-state index in [1.54, 1.807) is 11.0 Å². The highest BCUT2D eigenvalue weighted by molar-refractivity contribution is 6.01. The Bertz CT molecular complexity index is 1120. The van der Waals surface area contributed by atoms with E-state index in [4.69, 9.17) is 0 Å². The molecular weight excluding hydrogens is 417 g/mol. The smallest absolute Gasteiger partial charge is 0.255 e. The van der Waals surface area contributed by atoms with E-state index in [0.717, 1.165) is 48.3 Å². The van der Waals surface area contributed by atoms with Crippen molar-refractivity contribution in [3.8, 4) is 0 Å². The molecule has 172 valence electrons. The van der Waals surface area contributed by atoms with Crippen molar-refractivity contribution in [1.29, 1.82) is 0 Å². The summed E-state index contributed by atoms with van der Waals surface area (Å²) in [4.78, 5) is 29.4. The summed E-state index contributed by atoms with van der Waals surface area (Å²) in [6.07, 6.45) is 3.35. The molecule has 2 fully saturated rings. The minimum atomic E-state index is -0.427. The Morgan fingerprint density at radius 2 is 1.88 bits per heavy atom. The van der Waals surface area contributed by atoms with Crippen molar-refractivity contribution in [2.45, 2.75) is 57.7 Å². The van der Waals surface area contributed by atoms with Gasteiger partial charge in [-0.25, -0.2) is 4.39 Å². The number of aryl methyl sites for hydroxylation is 1. The Kier molecular flexibility index (Phi) is 5.79. The molecular formula is C27H30FN3O2. The highest BCUT2D eigenvalue weighted by atomic mass is 19.1. The van der Waals surface area contributed by atoms with Crippen LogP contribution in [0.15, 0.2) is 48.7 Å². The summed E-state index contributed by atoms with van der Waals surface area (Å²) in [5, 5.41) is 2.79. The van der Waals surface area contributed by atoms with Crippen molar-refractivity contribution in [3.63, 3.8) is 0 Å². The molecule has 5 rings (SSSR count). The lowest BCUT2D eigenvalue weighted by Crippen LogP contribution is -2.49. The Morgan fingerprint density at radius 1 is 1.09 bits per heavy atom. The van der Waals surface area contributed by atoms with Gasteiger partial charge >= 0.3 is 0 Å². The third-order valence-corrected chi connectivity index (χ3v) is 7.32. The summed E-state index contributed by atoms with van der Waals surface area (Å²) in [5.74, 6) is 0.116. The van der Waals surface area contributed by atoms with Crippen LogP contribution in [0, 0.1) is 12.7 Å². The van der Waals surface area contributed by atoms with E-state index >= 15 is 0 Å². The maximum Gasteiger partial charge on any atom is 0.255 e. The van der Waals surface area contributed by atoms with Crippen LogP contribution in [0.1, 0.15) is 64.2 Å². The average Bonchev–Trinajstić information content (AvgIpc) is 3.12. The number of amides is 2. The van der Waals surface area contributed by atoms with E-state index < -0.39 is 6.04 Å². The summed E-state index contributed by atoms with van der Waals surface area (Å²) in [6, 6.07) is 11.2. The number of carbonyl (C=O) groups excluding carboxylic acids is 2. The molecule has 5 nitrogen and oxygen atoms in total. The standard InChI is InChI=1S/C27H30FN3O2/c1-17-3-5-21(24(28)13-17)15-30-11-9-19(10-12-30)20-6-7-23-22(14-20)16-31(27(23)33)25-8-4-18(2)29-26(25)32/h3,5-7,13-14,19,25H,2,4,8-12,15-16H2,1H3,(H,29,32). The average molecular weight is 448 g/mol. The zero-order chi connectivity index (χ0) is 23.1. The minimum Gasteiger partial charge on any atom is -0.329 e. The minimum absolute atomic E-state index is 0.0563. The van der Waals surface area contributed by atoms with Crippen molar-refractivity contribution < 1.29 is 14.0 Å². The fourth-order valence-corrected chi connectivity index (χ4v) is 5.37. The van der Waals surface area contributed by atoms with Crippen LogP contribution in [0.5, 0.6) is 0 Å². The fourth-order valence-electron chi connectivity index (χ4n) is 5.37. The highest BCUT2D eigenvalue weighted by Crippen LogP contribution is 2.34. The van der Waals surface area contributed by atoms with Gasteiger partial charge in [0, 0.05) is 29.9 Å². The number of likely N-dealkylation sites (tertiary alicyclic amines) is 1. The first-order valence-corrected chi connectivity index (χ1v) is 11.8. The maximum atomic E-state index is 14.2. The maximum absolute atomic E-state index is 14.2. The molecule has 0 aromatic heterocycles. The number of nitrogens with one attached hydrogen (secondary N) is 1. The largest absolute Gasteiger partial charge is 0.329 e. The van der Waals surface area contributed by atoms with Gasteiger partial charge in [-0.2, -0.15) is 0 Å². The third kappa shape index (κ3) is 4.32. The van der Waals surface area contributed by atoms with Crippen molar-refractivity contribution in [2.24, 2.45) is 0 Å². The molecule has 6 heteroatoms. The number of nitrogens with zero attached hydrogens (tertiary/aromatic N) is 2. The van der Waals surface area contributed by atoms with Gasteiger partial charge in [-0.3, -0.25) is 14.5 Å². The van der Waals surface area contributed by atoms with Gasteiger partial charge in [0.15, 0.2) is 0 Å². The van der Waals surface area contributed by atoms with Crippen LogP contribution in [0.4, 0.5) is 4.39 Å². The first-order valence-electron chi connectivity index (χ1n) is 11.8. The van der Waals surface area contributed by atoms with Gasteiger partial charge in [0.2, 0.25) is 5.91 Å². The van der Waals surface area contributed by atoms with E-state index in [2.05, 4.69) is 28.9 Å². The first kappa shape index (κ1) is 21.8. The molecule has 2 amide bonds. The van der Waals surface area contributed by atoms with E-state index in [1.165, 1.54) is 5.56 Å². The van der Waals surface area contributed by atoms with E-state index in [1.807, 2.05) is 25.1 Å². The molecule has 2 aromatic rings. The SMILES string of the molecule is C=C1CCC(N2Cc3cc(C4CCN(Cc5ccc(C)cc5F)CC4)ccc3C2=O)C(=O)N1. The van der Waals surface area contributed by atoms with Crippen LogP contribution in [0.3, 0.4) is 0 Å². The normalized spacial score (nSPS) is 21.9. The molecule has 3 heterocycles. The van der Waals surface area contributed by atoms with Gasteiger partial charge in [-0.15, -0.1) is 0 Å². The molecule has 3 aliphatic rings. The number of hydrogen-bond acceptors (Lipinski definition) is 3. The highest BCUT2D eigenvalue weighted by Gasteiger charge is 2.38. The zero-order valence-electron chi connectivity index (χ0n) is 19.1.